The Hall–Kier alpha value is -2.70. The molecule has 0 fully saturated rings. The van der Waals surface area contributed by atoms with Gasteiger partial charge in [0.2, 0.25) is 5.75 Å². The number of methoxy groups -OCH3 is 2. The van der Waals surface area contributed by atoms with Crippen LogP contribution in [-0.2, 0) is 6.42 Å². The molecule has 1 aromatic heterocycles. The van der Waals surface area contributed by atoms with Gasteiger partial charge in [0.1, 0.15) is 0 Å². The summed E-state index contributed by atoms with van der Waals surface area (Å²) in [5, 5.41) is 9.80. The standard InChI is InChI=1S/C13H14N2O5/c1-19-9-4-7(5-10(20-2)12(9)17)3-8-6-11(16)15-13(18)14-8/h4-6,17H,3H2,1-2H3,(H2,14,15,16,18). The van der Waals surface area contributed by atoms with Gasteiger partial charge in [-0.05, 0) is 17.7 Å². The molecular weight excluding hydrogens is 264 g/mol. The predicted molar refractivity (Wildman–Crippen MR) is 71.7 cm³/mol. The highest BCUT2D eigenvalue weighted by molar-refractivity contribution is 5.53. The van der Waals surface area contributed by atoms with E-state index in [9.17, 15) is 14.7 Å². The van der Waals surface area contributed by atoms with Crippen LogP contribution >= 0.6 is 0 Å². The minimum Gasteiger partial charge on any atom is -0.502 e. The molecule has 20 heavy (non-hydrogen) atoms. The Bertz CT molecular complexity index is 679. The first-order chi connectivity index (χ1) is 9.53. The maximum Gasteiger partial charge on any atom is 0.325 e. The number of hydrogen-bond donors (Lipinski definition) is 3. The molecule has 0 unspecified atom stereocenters. The van der Waals surface area contributed by atoms with Gasteiger partial charge in [-0.1, -0.05) is 0 Å². The minimum absolute atomic E-state index is 0.0989. The number of hydrogen-bond acceptors (Lipinski definition) is 5. The molecule has 0 aliphatic heterocycles. The van der Waals surface area contributed by atoms with Crippen LogP contribution in [0.1, 0.15) is 11.3 Å². The highest BCUT2D eigenvalue weighted by Gasteiger charge is 2.11. The van der Waals surface area contributed by atoms with Crippen LogP contribution < -0.4 is 20.7 Å². The van der Waals surface area contributed by atoms with Gasteiger partial charge in [-0.2, -0.15) is 0 Å². The Morgan fingerprint density at radius 3 is 2.15 bits per heavy atom. The van der Waals surface area contributed by atoms with E-state index in [0.717, 1.165) is 5.56 Å². The summed E-state index contributed by atoms with van der Waals surface area (Å²) in [4.78, 5) is 27.1. The average Bonchev–Trinajstić information content (AvgIpc) is 2.39. The molecule has 7 nitrogen and oxygen atoms in total. The highest BCUT2D eigenvalue weighted by Crippen LogP contribution is 2.37. The van der Waals surface area contributed by atoms with Crippen molar-refractivity contribution in [2.75, 3.05) is 14.2 Å². The molecule has 106 valence electrons. The van der Waals surface area contributed by atoms with Crippen molar-refractivity contribution in [3.05, 3.63) is 50.3 Å². The molecule has 0 saturated heterocycles. The van der Waals surface area contributed by atoms with Crippen LogP contribution in [0.4, 0.5) is 0 Å². The number of H-pyrrole nitrogens is 2. The number of benzene rings is 1. The van der Waals surface area contributed by atoms with E-state index in [4.69, 9.17) is 9.47 Å². The Morgan fingerprint density at radius 2 is 1.65 bits per heavy atom. The van der Waals surface area contributed by atoms with E-state index in [2.05, 4.69) is 9.97 Å². The molecule has 3 N–H and O–H groups in total. The molecule has 0 amide bonds. The van der Waals surface area contributed by atoms with Gasteiger partial charge in [0, 0.05) is 18.2 Å². The third kappa shape index (κ3) is 2.82. The normalized spacial score (nSPS) is 10.3. The zero-order valence-corrected chi connectivity index (χ0v) is 11.0. The van der Waals surface area contributed by atoms with E-state index >= 15 is 0 Å². The molecule has 0 spiro atoms. The van der Waals surface area contributed by atoms with Crippen molar-refractivity contribution >= 4 is 0 Å². The van der Waals surface area contributed by atoms with E-state index < -0.39 is 11.2 Å². The lowest BCUT2D eigenvalue weighted by Gasteiger charge is -2.11. The number of rotatable bonds is 4. The number of aromatic amines is 2. The van der Waals surface area contributed by atoms with Gasteiger partial charge in [-0.3, -0.25) is 9.78 Å². The van der Waals surface area contributed by atoms with Gasteiger partial charge in [-0.15, -0.1) is 0 Å². The Balaban J connectivity index is 2.43. The molecule has 2 rings (SSSR count). The fraction of sp³-hybridized carbons (Fsp3) is 0.231. The van der Waals surface area contributed by atoms with Gasteiger partial charge in [0.15, 0.2) is 11.5 Å². The van der Waals surface area contributed by atoms with Crippen molar-refractivity contribution in [2.24, 2.45) is 0 Å². The zero-order chi connectivity index (χ0) is 14.7. The lowest BCUT2D eigenvalue weighted by molar-refractivity contribution is 0.339. The molecule has 7 heteroatoms. The van der Waals surface area contributed by atoms with Gasteiger partial charge in [0.05, 0.1) is 14.2 Å². The summed E-state index contributed by atoms with van der Waals surface area (Å²) in [7, 11) is 2.85. The van der Waals surface area contributed by atoms with Gasteiger partial charge in [-0.25, -0.2) is 4.79 Å². The van der Waals surface area contributed by atoms with Crippen LogP contribution in [0.2, 0.25) is 0 Å². The topological polar surface area (TPSA) is 104 Å². The number of nitrogens with one attached hydrogen (secondary N) is 2. The van der Waals surface area contributed by atoms with Crippen molar-refractivity contribution in [3.8, 4) is 17.2 Å². The molecule has 0 bridgehead atoms. The third-order valence-electron chi connectivity index (χ3n) is 2.75. The zero-order valence-electron chi connectivity index (χ0n) is 11.0. The molecule has 0 atom stereocenters. The smallest absolute Gasteiger partial charge is 0.325 e. The molecular formula is C13H14N2O5. The van der Waals surface area contributed by atoms with E-state index in [-0.39, 0.29) is 17.2 Å². The first-order valence-electron chi connectivity index (χ1n) is 5.80. The molecule has 0 aliphatic rings. The fourth-order valence-corrected chi connectivity index (χ4v) is 1.88. The predicted octanol–water partition coefficient (Wildman–Crippen LogP) is 0.377. The number of phenolic OH excluding ortho intramolecular Hbond substituents is 1. The SMILES string of the molecule is COc1cc(Cc2cc(=O)[nH]c(=O)[nH]2)cc(OC)c1O. The van der Waals surface area contributed by atoms with Crippen molar-refractivity contribution in [1.29, 1.82) is 0 Å². The van der Waals surface area contributed by atoms with E-state index in [1.54, 1.807) is 12.1 Å². The van der Waals surface area contributed by atoms with Crippen LogP contribution in [0.5, 0.6) is 17.2 Å². The second-order valence-corrected chi connectivity index (χ2v) is 4.14. The van der Waals surface area contributed by atoms with Crippen LogP contribution in [0, 0.1) is 0 Å². The second-order valence-electron chi connectivity index (χ2n) is 4.14. The van der Waals surface area contributed by atoms with Gasteiger partial charge >= 0.3 is 5.69 Å². The molecule has 1 aromatic carbocycles. The summed E-state index contributed by atoms with van der Waals surface area (Å²) in [5.41, 5.74) is 0.137. The van der Waals surface area contributed by atoms with E-state index in [1.165, 1.54) is 20.3 Å². The van der Waals surface area contributed by atoms with Crippen LogP contribution in [0.3, 0.4) is 0 Å². The van der Waals surface area contributed by atoms with E-state index in [0.29, 0.717) is 12.1 Å². The Morgan fingerprint density at radius 1 is 1.05 bits per heavy atom. The minimum atomic E-state index is -0.565. The summed E-state index contributed by atoms with van der Waals surface area (Å²) in [6.45, 7) is 0. The van der Waals surface area contributed by atoms with E-state index in [1.807, 2.05) is 0 Å². The molecule has 0 saturated carbocycles. The fourth-order valence-electron chi connectivity index (χ4n) is 1.88. The highest BCUT2D eigenvalue weighted by atomic mass is 16.5. The number of aromatic hydroxyl groups is 1. The Kier molecular flexibility index (Phi) is 3.79. The molecule has 1 heterocycles. The summed E-state index contributed by atoms with van der Waals surface area (Å²) in [6.07, 6.45) is 0.298. The van der Waals surface area contributed by atoms with Crippen molar-refractivity contribution < 1.29 is 14.6 Å². The monoisotopic (exact) mass is 278 g/mol. The maximum absolute atomic E-state index is 11.2. The maximum atomic E-state index is 11.2. The third-order valence-corrected chi connectivity index (χ3v) is 2.75. The summed E-state index contributed by atoms with van der Waals surface area (Å²) >= 11 is 0. The summed E-state index contributed by atoms with van der Waals surface area (Å²) in [5.74, 6) is 0.413. The summed E-state index contributed by atoms with van der Waals surface area (Å²) < 4.78 is 10.1. The number of aromatic nitrogens is 2. The largest absolute Gasteiger partial charge is 0.502 e. The molecule has 0 radical (unpaired) electrons. The average molecular weight is 278 g/mol. The first kappa shape index (κ1) is 13.7. The number of phenols is 1. The van der Waals surface area contributed by atoms with Gasteiger partial charge in [0.25, 0.3) is 5.56 Å². The first-order valence-corrected chi connectivity index (χ1v) is 5.80. The van der Waals surface area contributed by atoms with Crippen LogP contribution in [0.15, 0.2) is 27.8 Å². The van der Waals surface area contributed by atoms with Crippen LogP contribution in [0.25, 0.3) is 0 Å². The van der Waals surface area contributed by atoms with Gasteiger partial charge < -0.3 is 19.6 Å². The van der Waals surface area contributed by atoms with Crippen molar-refractivity contribution in [3.63, 3.8) is 0 Å². The van der Waals surface area contributed by atoms with Crippen LogP contribution in [-0.4, -0.2) is 29.3 Å². The lowest BCUT2D eigenvalue weighted by atomic mass is 10.1. The summed E-state index contributed by atoms with van der Waals surface area (Å²) in [6, 6.07) is 4.52. The van der Waals surface area contributed by atoms with Crippen molar-refractivity contribution in [2.45, 2.75) is 6.42 Å². The quantitative estimate of drug-likeness (QED) is 0.749. The lowest BCUT2D eigenvalue weighted by Crippen LogP contribution is -2.23. The second kappa shape index (κ2) is 5.52. The molecule has 2 aromatic rings. The number of ether oxygens (including phenoxy) is 2. The van der Waals surface area contributed by atoms with Crippen molar-refractivity contribution in [1.82, 2.24) is 9.97 Å². The Labute approximate surface area is 113 Å². The molecule has 0 aliphatic carbocycles.